The van der Waals surface area contributed by atoms with Crippen LogP contribution in [0.25, 0.3) is 10.9 Å². The smallest absolute Gasteiger partial charge is 0.224 e. The summed E-state index contributed by atoms with van der Waals surface area (Å²) in [6.07, 6.45) is 4.07. The van der Waals surface area contributed by atoms with E-state index in [0.29, 0.717) is 18.5 Å². The van der Waals surface area contributed by atoms with Crippen molar-refractivity contribution in [2.24, 2.45) is 5.92 Å². The monoisotopic (exact) mass is 349 g/mol. The van der Waals surface area contributed by atoms with E-state index >= 15 is 0 Å². The molecular formula is C18H24ClN3O2. The van der Waals surface area contributed by atoms with Crippen molar-refractivity contribution in [2.75, 3.05) is 26.7 Å². The number of nitrogens with one attached hydrogen (secondary N) is 2. The minimum atomic E-state index is -0.0106. The number of aromatic amines is 1. The molecule has 1 aliphatic carbocycles. The van der Waals surface area contributed by atoms with Gasteiger partial charge in [-0.05, 0) is 37.1 Å². The number of hydrogen-bond donors (Lipinski definition) is 3. The van der Waals surface area contributed by atoms with Crippen LogP contribution in [0.1, 0.15) is 23.5 Å². The van der Waals surface area contributed by atoms with Gasteiger partial charge in [-0.15, -0.1) is 12.4 Å². The second-order valence-corrected chi connectivity index (χ2v) is 6.85. The second-order valence-electron chi connectivity index (χ2n) is 6.85. The van der Waals surface area contributed by atoms with Gasteiger partial charge in [-0.2, -0.15) is 0 Å². The number of piperidine rings is 1. The minimum absolute atomic E-state index is 0. The van der Waals surface area contributed by atoms with Crippen LogP contribution in [-0.2, 0) is 11.2 Å². The Balaban J connectivity index is 0.00000169. The van der Waals surface area contributed by atoms with Crippen molar-refractivity contribution >= 4 is 29.2 Å². The van der Waals surface area contributed by atoms with E-state index in [1.54, 1.807) is 0 Å². The molecule has 4 rings (SSSR count). The first-order valence-electron chi connectivity index (χ1n) is 8.36. The molecular weight excluding hydrogens is 326 g/mol. The number of likely N-dealkylation sites (tertiary alicyclic amines) is 1. The lowest BCUT2D eigenvalue weighted by Gasteiger charge is -2.45. The number of aromatic nitrogens is 1. The number of halogens is 1. The summed E-state index contributed by atoms with van der Waals surface area (Å²) in [5, 5.41) is 13.1. The van der Waals surface area contributed by atoms with Gasteiger partial charge in [-0.1, -0.05) is 12.1 Å². The number of nitrogens with zero attached hydrogens (tertiary/aromatic N) is 1. The molecule has 2 heterocycles. The number of H-pyrrole nitrogens is 1. The maximum atomic E-state index is 12.4. The lowest BCUT2D eigenvalue weighted by molar-refractivity contribution is -0.127. The van der Waals surface area contributed by atoms with Crippen molar-refractivity contribution in [1.29, 1.82) is 0 Å². The Morgan fingerprint density at radius 3 is 3.08 bits per heavy atom. The highest BCUT2D eigenvalue weighted by Crippen LogP contribution is 2.44. The quantitative estimate of drug-likeness (QED) is 0.789. The van der Waals surface area contributed by atoms with E-state index in [9.17, 15) is 4.79 Å². The molecule has 1 saturated heterocycles. The molecule has 1 amide bonds. The number of likely N-dealkylation sites (N-methyl/N-ethyl adjacent to an activating group) is 1. The average Bonchev–Trinajstić information content (AvgIpc) is 2.98. The van der Waals surface area contributed by atoms with Gasteiger partial charge in [-0.3, -0.25) is 4.79 Å². The first kappa shape index (κ1) is 17.3. The summed E-state index contributed by atoms with van der Waals surface area (Å²) in [5.41, 5.74) is 3.97. The molecule has 0 radical (unpaired) electrons. The number of benzene rings is 1. The highest BCUT2D eigenvalue weighted by atomic mass is 35.5. The zero-order valence-electron chi connectivity index (χ0n) is 13.8. The summed E-state index contributed by atoms with van der Waals surface area (Å²) >= 11 is 0. The van der Waals surface area contributed by atoms with Crippen LogP contribution in [0.15, 0.2) is 24.4 Å². The second kappa shape index (κ2) is 6.75. The van der Waals surface area contributed by atoms with E-state index in [4.69, 9.17) is 5.11 Å². The van der Waals surface area contributed by atoms with Crippen molar-refractivity contribution < 1.29 is 9.90 Å². The average molecular weight is 350 g/mol. The summed E-state index contributed by atoms with van der Waals surface area (Å²) in [7, 11) is 2.13. The van der Waals surface area contributed by atoms with E-state index in [-0.39, 0.29) is 30.8 Å². The topological polar surface area (TPSA) is 68.4 Å². The molecule has 2 aromatic rings. The molecule has 5 nitrogen and oxygen atoms in total. The lowest BCUT2D eigenvalue weighted by Crippen LogP contribution is -2.51. The van der Waals surface area contributed by atoms with E-state index in [1.165, 1.54) is 22.0 Å². The third-order valence-electron chi connectivity index (χ3n) is 5.51. The number of aliphatic hydroxyl groups excluding tert-OH is 1. The normalized spacial score (nSPS) is 25.8. The Bertz CT molecular complexity index is 745. The summed E-state index contributed by atoms with van der Waals surface area (Å²) < 4.78 is 0. The molecule has 1 aromatic carbocycles. The molecule has 1 fully saturated rings. The number of fused-ring (bicyclic) bond motifs is 2. The highest BCUT2D eigenvalue weighted by molar-refractivity contribution is 5.88. The highest BCUT2D eigenvalue weighted by Gasteiger charge is 2.41. The van der Waals surface area contributed by atoms with Gasteiger partial charge in [0, 0.05) is 42.1 Å². The summed E-state index contributed by atoms with van der Waals surface area (Å²) in [6.45, 7) is 1.12. The standard InChI is InChI=1S/C18H23N3O2.ClH/c1-21-10-12(18(23)19-5-6-22)7-14-13-3-2-4-15-17(13)11(9-20-15)8-16(14)21;/h2-4,9,12,14,16,20,22H,5-8,10H2,1H3,(H,19,23);1H/t12?,14?,16-;/m1./s1. The number of amides is 1. The Morgan fingerprint density at radius 1 is 1.46 bits per heavy atom. The van der Waals surface area contributed by atoms with E-state index in [2.05, 4.69) is 46.6 Å². The maximum absolute atomic E-state index is 12.4. The van der Waals surface area contributed by atoms with Crippen molar-refractivity contribution in [2.45, 2.75) is 24.8 Å². The van der Waals surface area contributed by atoms with Crippen LogP contribution in [0, 0.1) is 5.92 Å². The van der Waals surface area contributed by atoms with Gasteiger partial charge in [0.2, 0.25) is 5.91 Å². The van der Waals surface area contributed by atoms with E-state index in [1.807, 2.05) is 0 Å². The molecule has 2 aliphatic rings. The fourth-order valence-corrected chi connectivity index (χ4v) is 4.46. The summed E-state index contributed by atoms with van der Waals surface area (Å²) in [6, 6.07) is 6.92. The first-order chi connectivity index (χ1) is 11.2. The third kappa shape index (κ3) is 2.70. The van der Waals surface area contributed by atoms with Crippen molar-refractivity contribution in [3.8, 4) is 0 Å². The predicted octanol–water partition coefficient (Wildman–Crippen LogP) is 1.66. The van der Waals surface area contributed by atoms with Gasteiger partial charge in [0.25, 0.3) is 0 Å². The van der Waals surface area contributed by atoms with Crippen molar-refractivity contribution in [3.05, 3.63) is 35.5 Å². The fraction of sp³-hybridized carbons (Fsp3) is 0.500. The largest absolute Gasteiger partial charge is 0.395 e. The van der Waals surface area contributed by atoms with Crippen LogP contribution in [0.4, 0.5) is 0 Å². The fourth-order valence-electron chi connectivity index (χ4n) is 4.46. The molecule has 6 heteroatoms. The number of carbonyl (C=O) groups is 1. The molecule has 1 aromatic heterocycles. The van der Waals surface area contributed by atoms with Crippen LogP contribution in [-0.4, -0.2) is 53.7 Å². The van der Waals surface area contributed by atoms with Gasteiger partial charge < -0.3 is 20.3 Å². The van der Waals surface area contributed by atoms with Crippen LogP contribution in [0.2, 0.25) is 0 Å². The van der Waals surface area contributed by atoms with Crippen molar-refractivity contribution in [1.82, 2.24) is 15.2 Å². The number of hydrogen-bond acceptors (Lipinski definition) is 3. The van der Waals surface area contributed by atoms with Crippen LogP contribution < -0.4 is 5.32 Å². The van der Waals surface area contributed by atoms with Crippen molar-refractivity contribution in [3.63, 3.8) is 0 Å². The minimum Gasteiger partial charge on any atom is -0.395 e. The number of aliphatic hydroxyl groups is 1. The van der Waals surface area contributed by atoms with Crippen LogP contribution in [0.3, 0.4) is 0 Å². The molecule has 3 N–H and O–H groups in total. The molecule has 2 unspecified atom stereocenters. The molecule has 3 atom stereocenters. The predicted molar refractivity (Wildman–Crippen MR) is 96.6 cm³/mol. The van der Waals surface area contributed by atoms with Crippen LogP contribution >= 0.6 is 12.4 Å². The molecule has 1 aliphatic heterocycles. The molecule has 0 spiro atoms. The van der Waals surface area contributed by atoms with Gasteiger partial charge in [0.15, 0.2) is 0 Å². The Morgan fingerprint density at radius 2 is 2.29 bits per heavy atom. The molecule has 24 heavy (non-hydrogen) atoms. The molecule has 0 bridgehead atoms. The van der Waals surface area contributed by atoms with Gasteiger partial charge in [-0.25, -0.2) is 0 Å². The lowest BCUT2D eigenvalue weighted by atomic mass is 9.72. The van der Waals surface area contributed by atoms with Gasteiger partial charge in [0.05, 0.1) is 12.5 Å². The Labute approximate surface area is 147 Å². The van der Waals surface area contributed by atoms with Gasteiger partial charge in [0.1, 0.15) is 0 Å². The zero-order valence-corrected chi connectivity index (χ0v) is 14.6. The molecule has 0 saturated carbocycles. The maximum Gasteiger partial charge on any atom is 0.224 e. The molecule has 130 valence electrons. The van der Waals surface area contributed by atoms with E-state index in [0.717, 1.165) is 19.4 Å². The first-order valence-corrected chi connectivity index (χ1v) is 8.36. The van der Waals surface area contributed by atoms with Gasteiger partial charge >= 0.3 is 0 Å². The summed E-state index contributed by atoms with van der Waals surface area (Å²) in [4.78, 5) is 18.1. The number of carbonyl (C=O) groups excluding carboxylic acids is 1. The van der Waals surface area contributed by atoms with Crippen LogP contribution in [0.5, 0.6) is 0 Å². The third-order valence-corrected chi connectivity index (χ3v) is 5.51. The van der Waals surface area contributed by atoms with E-state index < -0.39 is 0 Å². The Kier molecular flexibility index (Phi) is 4.85. The number of rotatable bonds is 3. The Hall–Kier alpha value is -1.56. The SMILES string of the molecule is CN1CC(C(=O)NCCO)CC2c3cccc4[nH]cc(c34)C[C@H]21.Cl. The zero-order chi connectivity index (χ0) is 16.0. The summed E-state index contributed by atoms with van der Waals surface area (Å²) in [5.74, 6) is 0.450.